The number of hydrogen-bond donors (Lipinski definition) is 0. The quantitative estimate of drug-likeness (QED) is 0.225. The van der Waals surface area contributed by atoms with Gasteiger partial charge in [0.25, 0.3) is 0 Å². The van der Waals surface area contributed by atoms with E-state index in [2.05, 4.69) is 108 Å². The first kappa shape index (κ1) is 23.0. The number of benzene rings is 6. The third-order valence-corrected chi connectivity index (χ3v) is 8.21. The zero-order chi connectivity index (χ0) is 27.6. The van der Waals surface area contributed by atoms with E-state index in [1.54, 1.807) is 0 Å². The largest absolute Gasteiger partial charge is 0.455 e. The van der Waals surface area contributed by atoms with Crippen LogP contribution in [0.1, 0.15) is 0 Å². The molecule has 0 aliphatic rings. The Hall–Kier alpha value is -5.74. The van der Waals surface area contributed by atoms with Gasteiger partial charge in [0.2, 0.25) is 0 Å². The molecule has 0 spiro atoms. The van der Waals surface area contributed by atoms with Crippen LogP contribution < -0.4 is 0 Å². The molecule has 0 amide bonds. The van der Waals surface area contributed by atoms with Crippen molar-refractivity contribution in [1.82, 2.24) is 14.5 Å². The van der Waals surface area contributed by atoms with Crippen LogP contribution in [-0.2, 0) is 0 Å². The molecule has 0 unspecified atom stereocenters. The highest BCUT2D eigenvalue weighted by Gasteiger charge is 2.21. The number of fused-ring (bicyclic) bond motifs is 9. The van der Waals surface area contributed by atoms with Gasteiger partial charge in [-0.15, -0.1) is 0 Å². The topological polar surface area (TPSA) is 43.9 Å². The van der Waals surface area contributed by atoms with Crippen molar-refractivity contribution in [2.24, 2.45) is 0 Å². The zero-order valence-electron chi connectivity index (χ0n) is 22.5. The molecular weight excluding hydrogens is 514 g/mol. The Balaban J connectivity index is 1.39. The van der Waals surface area contributed by atoms with Gasteiger partial charge < -0.3 is 4.42 Å². The van der Waals surface area contributed by atoms with Gasteiger partial charge in [-0.3, -0.25) is 4.57 Å². The molecule has 4 heteroatoms. The van der Waals surface area contributed by atoms with Crippen LogP contribution in [0.5, 0.6) is 0 Å². The second kappa shape index (κ2) is 8.88. The third kappa shape index (κ3) is 3.36. The fraction of sp³-hybridized carbons (Fsp3) is 0. The van der Waals surface area contributed by atoms with Crippen molar-refractivity contribution in [3.05, 3.63) is 140 Å². The van der Waals surface area contributed by atoms with Gasteiger partial charge in [-0.2, -0.15) is 0 Å². The van der Waals surface area contributed by atoms with E-state index >= 15 is 0 Å². The Bertz CT molecular complexity index is 2400. The minimum Gasteiger partial charge on any atom is -0.455 e. The minimum atomic E-state index is 0.689. The van der Waals surface area contributed by atoms with Crippen LogP contribution in [0, 0.1) is 0 Å². The molecule has 4 nitrogen and oxygen atoms in total. The molecule has 0 aliphatic carbocycles. The van der Waals surface area contributed by atoms with Crippen molar-refractivity contribution >= 4 is 54.5 Å². The maximum atomic E-state index is 6.78. The lowest BCUT2D eigenvalue weighted by Crippen LogP contribution is -2.02. The summed E-state index contributed by atoms with van der Waals surface area (Å²) >= 11 is 0. The van der Waals surface area contributed by atoms with Crippen LogP contribution >= 0.6 is 0 Å². The molecule has 3 heterocycles. The number of nitrogens with zero attached hydrogens (tertiary/aromatic N) is 3. The van der Waals surface area contributed by atoms with Gasteiger partial charge in [0.05, 0.1) is 22.1 Å². The number of rotatable bonds is 3. The molecule has 9 aromatic rings. The normalized spacial score (nSPS) is 11.8. The second-order valence-electron chi connectivity index (χ2n) is 10.6. The molecule has 196 valence electrons. The van der Waals surface area contributed by atoms with E-state index < -0.39 is 0 Å². The average Bonchev–Trinajstić information content (AvgIpc) is 3.61. The van der Waals surface area contributed by atoms with Crippen LogP contribution in [0.15, 0.2) is 144 Å². The molecule has 0 radical (unpaired) electrons. The summed E-state index contributed by atoms with van der Waals surface area (Å²) in [4.78, 5) is 10.2. The van der Waals surface area contributed by atoms with E-state index in [0.29, 0.717) is 5.82 Å². The van der Waals surface area contributed by atoms with Crippen LogP contribution in [0.3, 0.4) is 0 Å². The molecule has 0 N–H and O–H groups in total. The van der Waals surface area contributed by atoms with Gasteiger partial charge in [-0.25, -0.2) is 9.97 Å². The highest BCUT2D eigenvalue weighted by atomic mass is 16.3. The Morgan fingerprint density at radius 3 is 1.98 bits per heavy atom. The molecule has 0 saturated carbocycles. The molecule has 0 saturated heterocycles. The summed E-state index contributed by atoms with van der Waals surface area (Å²) in [7, 11) is 0. The molecule has 3 aromatic heterocycles. The monoisotopic (exact) mass is 537 g/mol. The molecule has 9 rings (SSSR count). The average molecular weight is 538 g/mol. The number of aromatic nitrogens is 3. The summed E-state index contributed by atoms with van der Waals surface area (Å²) in [6.07, 6.45) is 0. The first-order valence-corrected chi connectivity index (χ1v) is 14.1. The van der Waals surface area contributed by atoms with Crippen molar-refractivity contribution < 1.29 is 4.42 Å². The predicted octanol–water partition coefficient (Wildman–Crippen LogP) is 9.96. The fourth-order valence-electron chi connectivity index (χ4n) is 6.28. The first-order chi connectivity index (χ1) is 20.8. The van der Waals surface area contributed by atoms with E-state index in [1.807, 2.05) is 36.4 Å². The molecule has 6 aromatic carbocycles. The summed E-state index contributed by atoms with van der Waals surface area (Å²) < 4.78 is 9.02. The highest BCUT2D eigenvalue weighted by Crippen LogP contribution is 2.42. The number of furan rings is 1. The minimum absolute atomic E-state index is 0.689. The van der Waals surface area contributed by atoms with E-state index in [-0.39, 0.29) is 0 Å². The smallest absolute Gasteiger partial charge is 0.162 e. The van der Waals surface area contributed by atoms with Gasteiger partial charge in [0.1, 0.15) is 17.0 Å². The molecule has 0 atom stereocenters. The standard InChI is InChI=1S/C38H23N3O/c1-3-12-25(13-4-1)31-23-34(40-38(39-31)26-14-5-2-6-15-26)41-32-18-10-9-17-30(32)35-33(41)22-21-29-28-20-19-24-11-7-8-16-27(24)36(28)42-37(29)35/h1-23H. The lowest BCUT2D eigenvalue weighted by Gasteiger charge is -2.12. The zero-order valence-corrected chi connectivity index (χ0v) is 22.5. The summed E-state index contributed by atoms with van der Waals surface area (Å²) in [5, 5.41) is 6.75. The summed E-state index contributed by atoms with van der Waals surface area (Å²) in [5.41, 5.74) is 6.84. The summed E-state index contributed by atoms with van der Waals surface area (Å²) in [6, 6.07) is 48.2. The third-order valence-electron chi connectivity index (χ3n) is 8.21. The lowest BCUT2D eigenvalue weighted by molar-refractivity contribution is 0.676. The van der Waals surface area contributed by atoms with Gasteiger partial charge in [0.15, 0.2) is 5.82 Å². The summed E-state index contributed by atoms with van der Waals surface area (Å²) in [5.74, 6) is 1.50. The van der Waals surface area contributed by atoms with Gasteiger partial charge in [-0.1, -0.05) is 109 Å². The van der Waals surface area contributed by atoms with E-state index in [1.165, 1.54) is 5.39 Å². The molecule has 0 fully saturated rings. The maximum Gasteiger partial charge on any atom is 0.162 e. The van der Waals surface area contributed by atoms with Crippen molar-refractivity contribution in [3.63, 3.8) is 0 Å². The van der Waals surface area contributed by atoms with Gasteiger partial charge in [0, 0.05) is 38.7 Å². The Kier molecular flexibility index (Phi) is 4.87. The molecular formula is C38H23N3O. The van der Waals surface area contributed by atoms with Crippen LogP contribution in [-0.4, -0.2) is 14.5 Å². The molecule has 0 bridgehead atoms. The van der Waals surface area contributed by atoms with Crippen molar-refractivity contribution in [3.8, 4) is 28.5 Å². The molecule has 42 heavy (non-hydrogen) atoms. The van der Waals surface area contributed by atoms with Crippen LogP contribution in [0.2, 0.25) is 0 Å². The van der Waals surface area contributed by atoms with Crippen LogP contribution in [0.25, 0.3) is 83.0 Å². The van der Waals surface area contributed by atoms with Gasteiger partial charge in [-0.05, 0) is 29.7 Å². The van der Waals surface area contributed by atoms with Crippen molar-refractivity contribution in [1.29, 1.82) is 0 Å². The van der Waals surface area contributed by atoms with Crippen molar-refractivity contribution in [2.45, 2.75) is 0 Å². The van der Waals surface area contributed by atoms with E-state index in [4.69, 9.17) is 14.4 Å². The van der Waals surface area contributed by atoms with E-state index in [0.717, 1.165) is 71.8 Å². The number of hydrogen-bond acceptors (Lipinski definition) is 3. The SMILES string of the molecule is c1ccc(-c2cc(-n3c4ccccc4c4c5oc6c7ccccc7ccc6c5ccc43)nc(-c3ccccc3)n2)cc1. The lowest BCUT2D eigenvalue weighted by atomic mass is 10.0. The molecule has 0 aliphatic heterocycles. The first-order valence-electron chi connectivity index (χ1n) is 14.1. The van der Waals surface area contributed by atoms with Crippen LogP contribution in [0.4, 0.5) is 0 Å². The Morgan fingerprint density at radius 2 is 1.14 bits per heavy atom. The Morgan fingerprint density at radius 1 is 0.476 bits per heavy atom. The maximum absolute atomic E-state index is 6.78. The number of para-hydroxylation sites is 1. The Labute approximate surface area is 241 Å². The van der Waals surface area contributed by atoms with E-state index in [9.17, 15) is 0 Å². The fourth-order valence-corrected chi connectivity index (χ4v) is 6.28. The second-order valence-corrected chi connectivity index (χ2v) is 10.6. The van der Waals surface area contributed by atoms with Crippen molar-refractivity contribution in [2.75, 3.05) is 0 Å². The van der Waals surface area contributed by atoms with Gasteiger partial charge >= 0.3 is 0 Å². The summed E-state index contributed by atoms with van der Waals surface area (Å²) in [6.45, 7) is 0. The highest BCUT2D eigenvalue weighted by molar-refractivity contribution is 6.26. The predicted molar refractivity (Wildman–Crippen MR) is 172 cm³/mol.